The quantitative estimate of drug-likeness (QED) is 0.695. The fourth-order valence-electron chi connectivity index (χ4n) is 2.10. The van der Waals surface area contributed by atoms with Gasteiger partial charge in [0.1, 0.15) is 19.0 Å². The third-order valence-corrected chi connectivity index (χ3v) is 3.54. The summed E-state index contributed by atoms with van der Waals surface area (Å²) >= 11 is 0. The van der Waals surface area contributed by atoms with Crippen molar-refractivity contribution in [2.45, 2.75) is 0 Å². The first-order chi connectivity index (χ1) is 12.6. The fraction of sp³-hybridized carbons (Fsp3) is 0.316. The Morgan fingerprint density at radius 2 is 1.65 bits per heavy atom. The summed E-state index contributed by atoms with van der Waals surface area (Å²) in [6, 6.07) is 13.0. The van der Waals surface area contributed by atoms with Gasteiger partial charge in [0.15, 0.2) is 11.6 Å². The van der Waals surface area contributed by atoms with Crippen molar-refractivity contribution < 1.29 is 23.4 Å². The summed E-state index contributed by atoms with van der Waals surface area (Å²) in [6.07, 6.45) is 0. The highest BCUT2D eigenvalue weighted by molar-refractivity contribution is 5.90. The van der Waals surface area contributed by atoms with Gasteiger partial charge in [-0.25, -0.2) is 9.18 Å². The van der Waals surface area contributed by atoms with E-state index >= 15 is 0 Å². The smallest absolute Gasteiger partial charge is 0.321 e. The molecule has 0 saturated carbocycles. The molecule has 0 unspecified atom stereocenters. The predicted octanol–water partition coefficient (Wildman–Crippen LogP) is 3.39. The van der Waals surface area contributed by atoms with Gasteiger partial charge in [-0.1, -0.05) is 24.3 Å². The summed E-state index contributed by atoms with van der Waals surface area (Å²) in [7, 11) is 3.23. The Hall–Kier alpha value is -2.80. The van der Waals surface area contributed by atoms with E-state index in [4.69, 9.17) is 14.2 Å². The van der Waals surface area contributed by atoms with Gasteiger partial charge in [0.05, 0.1) is 18.8 Å². The maximum absolute atomic E-state index is 13.5. The molecule has 140 valence electrons. The maximum Gasteiger partial charge on any atom is 0.321 e. The van der Waals surface area contributed by atoms with E-state index in [1.807, 2.05) is 6.07 Å². The Kier molecular flexibility index (Phi) is 7.70. The number of nitrogens with zero attached hydrogens (tertiary/aromatic N) is 1. The molecule has 0 aliphatic carbocycles. The van der Waals surface area contributed by atoms with Gasteiger partial charge < -0.3 is 24.4 Å². The molecule has 0 atom stereocenters. The molecule has 0 bridgehead atoms. The van der Waals surface area contributed by atoms with E-state index in [1.54, 1.807) is 50.6 Å². The molecular weight excluding hydrogens is 339 g/mol. The zero-order valence-electron chi connectivity index (χ0n) is 14.9. The summed E-state index contributed by atoms with van der Waals surface area (Å²) < 4.78 is 29.4. The van der Waals surface area contributed by atoms with Crippen LogP contribution in [0.1, 0.15) is 0 Å². The van der Waals surface area contributed by atoms with Gasteiger partial charge in [0.2, 0.25) is 0 Å². The normalized spacial score (nSPS) is 10.3. The van der Waals surface area contributed by atoms with Gasteiger partial charge in [-0.3, -0.25) is 0 Å². The van der Waals surface area contributed by atoms with Crippen LogP contribution in [0.25, 0.3) is 0 Å². The van der Waals surface area contributed by atoms with Crippen LogP contribution in [0.4, 0.5) is 14.9 Å². The average Bonchev–Trinajstić information content (AvgIpc) is 2.64. The summed E-state index contributed by atoms with van der Waals surface area (Å²) in [5.41, 5.74) is 0.565. The Labute approximate surface area is 152 Å². The minimum atomic E-state index is -0.429. The van der Waals surface area contributed by atoms with Crippen molar-refractivity contribution in [1.29, 1.82) is 0 Å². The second kappa shape index (κ2) is 10.2. The molecule has 2 rings (SSSR count). The second-order valence-electron chi connectivity index (χ2n) is 5.47. The molecule has 0 spiro atoms. The molecule has 2 aromatic rings. The summed E-state index contributed by atoms with van der Waals surface area (Å²) in [6.45, 7) is 1.31. The number of rotatable bonds is 9. The van der Waals surface area contributed by atoms with Gasteiger partial charge in [-0.05, 0) is 24.3 Å². The first-order valence-electron chi connectivity index (χ1n) is 8.22. The topological polar surface area (TPSA) is 60.0 Å². The number of carbonyl (C=O) groups excluding carboxylic acids is 1. The van der Waals surface area contributed by atoms with Crippen LogP contribution in [-0.2, 0) is 4.74 Å². The van der Waals surface area contributed by atoms with E-state index in [0.717, 1.165) is 0 Å². The molecule has 0 aliphatic rings. The van der Waals surface area contributed by atoms with Crippen LogP contribution in [0.2, 0.25) is 0 Å². The van der Waals surface area contributed by atoms with Crippen molar-refractivity contribution in [3.63, 3.8) is 0 Å². The largest absolute Gasteiger partial charge is 0.489 e. The minimum absolute atomic E-state index is 0.165. The highest BCUT2D eigenvalue weighted by Crippen LogP contribution is 2.24. The number of anilines is 1. The first-order valence-corrected chi connectivity index (χ1v) is 8.22. The Morgan fingerprint density at radius 1 is 1.00 bits per heavy atom. The minimum Gasteiger partial charge on any atom is -0.489 e. The van der Waals surface area contributed by atoms with Crippen molar-refractivity contribution in [3.8, 4) is 11.5 Å². The lowest BCUT2D eigenvalue weighted by Crippen LogP contribution is -2.34. The van der Waals surface area contributed by atoms with E-state index in [9.17, 15) is 9.18 Å². The highest BCUT2D eigenvalue weighted by atomic mass is 19.1. The molecule has 0 heterocycles. The second-order valence-corrected chi connectivity index (χ2v) is 5.47. The van der Waals surface area contributed by atoms with Crippen LogP contribution in [0, 0.1) is 5.82 Å². The number of benzene rings is 2. The van der Waals surface area contributed by atoms with Gasteiger partial charge in [0, 0.05) is 14.2 Å². The van der Waals surface area contributed by atoms with E-state index in [0.29, 0.717) is 31.2 Å². The van der Waals surface area contributed by atoms with Gasteiger partial charge in [-0.15, -0.1) is 0 Å². The number of urea groups is 1. The van der Waals surface area contributed by atoms with Crippen LogP contribution in [0.3, 0.4) is 0 Å². The lowest BCUT2D eigenvalue weighted by molar-refractivity contribution is 0.146. The van der Waals surface area contributed by atoms with Crippen molar-refractivity contribution in [2.75, 3.05) is 45.8 Å². The molecule has 2 aromatic carbocycles. The lowest BCUT2D eigenvalue weighted by Gasteiger charge is -2.19. The van der Waals surface area contributed by atoms with Crippen LogP contribution in [0.5, 0.6) is 11.5 Å². The van der Waals surface area contributed by atoms with E-state index in [1.165, 1.54) is 11.0 Å². The number of methoxy groups -OCH3 is 1. The number of para-hydroxylation sites is 3. The highest BCUT2D eigenvalue weighted by Gasteiger charge is 2.12. The van der Waals surface area contributed by atoms with Crippen molar-refractivity contribution in [1.82, 2.24) is 4.90 Å². The van der Waals surface area contributed by atoms with Crippen molar-refractivity contribution in [3.05, 3.63) is 54.3 Å². The number of hydrogen-bond acceptors (Lipinski definition) is 4. The van der Waals surface area contributed by atoms with Crippen LogP contribution in [0.15, 0.2) is 48.5 Å². The Balaban J connectivity index is 1.84. The number of ether oxygens (including phenoxy) is 3. The van der Waals surface area contributed by atoms with E-state index in [2.05, 4.69) is 5.32 Å². The molecule has 26 heavy (non-hydrogen) atoms. The number of amides is 2. The molecular formula is C19H23FN2O4. The molecule has 0 aliphatic heterocycles. The number of carbonyl (C=O) groups is 1. The summed E-state index contributed by atoms with van der Waals surface area (Å²) in [4.78, 5) is 13.8. The Morgan fingerprint density at radius 3 is 2.38 bits per heavy atom. The van der Waals surface area contributed by atoms with E-state index < -0.39 is 5.82 Å². The SMILES string of the molecule is COCCOc1ccccc1NC(=O)N(C)CCOc1ccccc1F. The zero-order chi connectivity index (χ0) is 18.8. The number of halogens is 1. The summed E-state index contributed by atoms with van der Waals surface area (Å²) in [5.74, 6) is 0.300. The van der Waals surface area contributed by atoms with Gasteiger partial charge in [-0.2, -0.15) is 0 Å². The molecule has 7 heteroatoms. The number of likely N-dealkylation sites (N-methyl/N-ethyl adjacent to an activating group) is 1. The monoisotopic (exact) mass is 362 g/mol. The lowest BCUT2D eigenvalue weighted by atomic mass is 10.3. The van der Waals surface area contributed by atoms with Gasteiger partial charge >= 0.3 is 6.03 Å². The maximum atomic E-state index is 13.5. The third kappa shape index (κ3) is 5.93. The predicted molar refractivity (Wildman–Crippen MR) is 97.4 cm³/mol. The Bertz CT molecular complexity index is 711. The zero-order valence-corrected chi connectivity index (χ0v) is 14.9. The van der Waals surface area contributed by atoms with Crippen LogP contribution >= 0.6 is 0 Å². The van der Waals surface area contributed by atoms with Crippen molar-refractivity contribution in [2.24, 2.45) is 0 Å². The molecule has 0 radical (unpaired) electrons. The van der Waals surface area contributed by atoms with Crippen LogP contribution in [-0.4, -0.2) is 51.5 Å². The van der Waals surface area contributed by atoms with Crippen LogP contribution < -0.4 is 14.8 Å². The molecule has 2 amide bonds. The molecule has 0 aromatic heterocycles. The fourth-order valence-corrected chi connectivity index (χ4v) is 2.10. The molecule has 0 saturated heterocycles. The summed E-state index contributed by atoms with van der Waals surface area (Å²) in [5, 5.41) is 2.79. The third-order valence-electron chi connectivity index (χ3n) is 3.54. The first kappa shape index (κ1) is 19.5. The average molecular weight is 362 g/mol. The molecule has 6 nitrogen and oxygen atoms in total. The molecule has 0 fully saturated rings. The molecule has 1 N–H and O–H groups in total. The van der Waals surface area contributed by atoms with Gasteiger partial charge in [0.25, 0.3) is 0 Å². The van der Waals surface area contributed by atoms with Crippen molar-refractivity contribution >= 4 is 11.7 Å². The number of nitrogens with one attached hydrogen (secondary N) is 1. The van der Waals surface area contributed by atoms with E-state index in [-0.39, 0.29) is 18.4 Å². The number of hydrogen-bond donors (Lipinski definition) is 1. The standard InChI is InChI=1S/C19H23FN2O4/c1-22(11-12-25-17-9-5-3-7-15(17)20)19(23)21-16-8-4-6-10-18(16)26-14-13-24-2/h3-10H,11-14H2,1-2H3,(H,21,23).